The number of aryl methyl sites for hydroxylation is 2. The van der Waals surface area contributed by atoms with Crippen molar-refractivity contribution in [2.75, 3.05) is 19.7 Å². The first-order valence-corrected chi connectivity index (χ1v) is 8.20. The fourth-order valence-corrected chi connectivity index (χ4v) is 3.43. The van der Waals surface area contributed by atoms with Gasteiger partial charge in [0.15, 0.2) is 0 Å². The highest BCUT2D eigenvalue weighted by Gasteiger charge is 2.13. The van der Waals surface area contributed by atoms with Gasteiger partial charge in [-0.3, -0.25) is 9.69 Å². The third kappa shape index (κ3) is 3.70. The zero-order valence-electron chi connectivity index (χ0n) is 12.9. The summed E-state index contributed by atoms with van der Waals surface area (Å²) < 4.78 is 0. The number of H-pyrrole nitrogens is 1. The molecule has 2 heterocycles. The highest BCUT2D eigenvalue weighted by Crippen LogP contribution is 2.25. The standard InChI is InChI=1S/C15H23N3O2S/c1-4-5-6-18(7-8-19)9-12-16-14(20)13-10(2)11(3)21-15(13)17-12/h19H,4-9H2,1-3H3,(H,16,17,20). The zero-order valence-corrected chi connectivity index (χ0v) is 13.7. The largest absolute Gasteiger partial charge is 0.395 e. The number of nitrogens with zero attached hydrogens (tertiary/aromatic N) is 2. The maximum absolute atomic E-state index is 12.2. The van der Waals surface area contributed by atoms with Crippen LogP contribution in [0.3, 0.4) is 0 Å². The van der Waals surface area contributed by atoms with E-state index in [1.165, 1.54) is 0 Å². The van der Waals surface area contributed by atoms with Crippen LogP contribution in [0.2, 0.25) is 0 Å². The SMILES string of the molecule is CCCCN(CCO)Cc1nc2sc(C)c(C)c2c(=O)[nH]1. The highest BCUT2D eigenvalue weighted by molar-refractivity contribution is 7.18. The predicted molar refractivity (Wildman–Crippen MR) is 87.0 cm³/mol. The third-order valence-corrected chi connectivity index (χ3v) is 4.81. The maximum Gasteiger partial charge on any atom is 0.259 e. The van der Waals surface area contributed by atoms with E-state index < -0.39 is 0 Å². The van der Waals surface area contributed by atoms with Crippen molar-refractivity contribution >= 4 is 21.6 Å². The van der Waals surface area contributed by atoms with Crippen LogP contribution in [0, 0.1) is 13.8 Å². The molecule has 2 N–H and O–H groups in total. The van der Waals surface area contributed by atoms with Gasteiger partial charge in [0.25, 0.3) is 5.56 Å². The van der Waals surface area contributed by atoms with Gasteiger partial charge in [-0.2, -0.15) is 0 Å². The number of hydrogen-bond donors (Lipinski definition) is 2. The van der Waals surface area contributed by atoms with Crippen LogP contribution in [-0.4, -0.2) is 39.7 Å². The minimum absolute atomic E-state index is 0.0590. The minimum atomic E-state index is -0.0590. The second-order valence-electron chi connectivity index (χ2n) is 5.33. The van der Waals surface area contributed by atoms with Gasteiger partial charge in [0, 0.05) is 11.4 Å². The number of aliphatic hydroxyl groups is 1. The number of hydrogen-bond acceptors (Lipinski definition) is 5. The molecule has 0 fully saturated rings. The number of thiophene rings is 1. The summed E-state index contributed by atoms with van der Waals surface area (Å²) in [4.78, 5) is 23.8. The first-order valence-electron chi connectivity index (χ1n) is 7.39. The van der Waals surface area contributed by atoms with Crippen LogP contribution in [0.25, 0.3) is 10.2 Å². The molecule has 2 aromatic heterocycles. The van der Waals surface area contributed by atoms with E-state index in [9.17, 15) is 4.79 Å². The molecule has 0 saturated heterocycles. The van der Waals surface area contributed by atoms with Crippen LogP contribution >= 0.6 is 11.3 Å². The smallest absolute Gasteiger partial charge is 0.259 e. The Bertz CT molecular complexity index is 663. The van der Waals surface area contributed by atoms with Gasteiger partial charge in [0.2, 0.25) is 0 Å². The molecule has 0 saturated carbocycles. The van der Waals surface area contributed by atoms with Crippen LogP contribution in [0.15, 0.2) is 4.79 Å². The molecule has 0 aliphatic rings. The Labute approximate surface area is 128 Å². The molecule has 21 heavy (non-hydrogen) atoms. The topological polar surface area (TPSA) is 69.2 Å². The molecule has 0 radical (unpaired) electrons. The normalized spacial score (nSPS) is 11.7. The van der Waals surface area contributed by atoms with Crippen molar-refractivity contribution in [1.29, 1.82) is 0 Å². The summed E-state index contributed by atoms with van der Waals surface area (Å²) in [7, 11) is 0. The fourth-order valence-electron chi connectivity index (χ4n) is 2.38. The van der Waals surface area contributed by atoms with Crippen molar-refractivity contribution < 1.29 is 5.11 Å². The van der Waals surface area contributed by atoms with Gasteiger partial charge in [0.05, 0.1) is 18.5 Å². The van der Waals surface area contributed by atoms with Gasteiger partial charge in [-0.25, -0.2) is 4.98 Å². The zero-order chi connectivity index (χ0) is 15.4. The first-order chi connectivity index (χ1) is 10.1. The monoisotopic (exact) mass is 309 g/mol. The highest BCUT2D eigenvalue weighted by atomic mass is 32.1. The molecule has 2 aromatic rings. The Balaban J connectivity index is 2.27. The summed E-state index contributed by atoms with van der Waals surface area (Å²) in [5.74, 6) is 0.679. The Morgan fingerprint density at radius 2 is 2.10 bits per heavy atom. The van der Waals surface area contributed by atoms with Crippen LogP contribution in [0.4, 0.5) is 0 Å². The summed E-state index contributed by atoms with van der Waals surface area (Å²) >= 11 is 1.57. The Hall–Kier alpha value is -1.24. The molecule has 0 bridgehead atoms. The second-order valence-corrected chi connectivity index (χ2v) is 6.53. The number of aromatic nitrogens is 2. The van der Waals surface area contributed by atoms with Crippen molar-refractivity contribution in [3.05, 3.63) is 26.6 Å². The maximum atomic E-state index is 12.2. The van der Waals surface area contributed by atoms with Gasteiger partial charge in [-0.15, -0.1) is 11.3 Å². The van der Waals surface area contributed by atoms with Crippen molar-refractivity contribution in [3.8, 4) is 0 Å². The lowest BCUT2D eigenvalue weighted by molar-refractivity contribution is 0.185. The van der Waals surface area contributed by atoms with E-state index in [2.05, 4.69) is 21.8 Å². The molecule has 0 aromatic carbocycles. The quantitative estimate of drug-likeness (QED) is 0.822. The van der Waals surface area contributed by atoms with E-state index in [4.69, 9.17) is 5.11 Å². The summed E-state index contributed by atoms with van der Waals surface area (Å²) in [5, 5.41) is 9.86. The lowest BCUT2D eigenvalue weighted by Gasteiger charge is -2.20. The Morgan fingerprint density at radius 3 is 2.76 bits per heavy atom. The van der Waals surface area contributed by atoms with E-state index in [1.807, 2.05) is 13.8 Å². The van der Waals surface area contributed by atoms with Gasteiger partial charge in [-0.05, 0) is 32.4 Å². The van der Waals surface area contributed by atoms with E-state index in [-0.39, 0.29) is 12.2 Å². The van der Waals surface area contributed by atoms with Crippen molar-refractivity contribution in [2.24, 2.45) is 0 Å². The summed E-state index contributed by atoms with van der Waals surface area (Å²) in [6.45, 7) is 8.31. The Kier molecular flexibility index (Phi) is 5.50. The minimum Gasteiger partial charge on any atom is -0.395 e. The second kappa shape index (κ2) is 7.15. The molecule has 0 aliphatic carbocycles. The molecule has 0 spiro atoms. The molecule has 5 nitrogen and oxygen atoms in total. The Morgan fingerprint density at radius 1 is 1.33 bits per heavy atom. The van der Waals surface area contributed by atoms with E-state index in [0.717, 1.165) is 34.7 Å². The van der Waals surface area contributed by atoms with Gasteiger partial charge >= 0.3 is 0 Å². The van der Waals surface area contributed by atoms with E-state index >= 15 is 0 Å². The number of aromatic amines is 1. The fraction of sp³-hybridized carbons (Fsp3) is 0.600. The van der Waals surface area contributed by atoms with E-state index in [0.29, 0.717) is 24.3 Å². The molecule has 0 aliphatic heterocycles. The van der Waals surface area contributed by atoms with Crippen LogP contribution in [0.5, 0.6) is 0 Å². The molecule has 6 heteroatoms. The molecular weight excluding hydrogens is 286 g/mol. The molecule has 0 amide bonds. The van der Waals surface area contributed by atoms with Gasteiger partial charge in [0.1, 0.15) is 10.7 Å². The number of aliphatic hydroxyl groups excluding tert-OH is 1. The molecule has 0 atom stereocenters. The average molecular weight is 309 g/mol. The third-order valence-electron chi connectivity index (χ3n) is 3.71. The van der Waals surface area contributed by atoms with Gasteiger partial charge in [-0.1, -0.05) is 13.3 Å². The predicted octanol–water partition coefficient (Wildman–Crippen LogP) is 2.20. The summed E-state index contributed by atoms with van der Waals surface area (Å²) in [6, 6.07) is 0. The lowest BCUT2D eigenvalue weighted by atomic mass is 10.2. The number of rotatable bonds is 7. The van der Waals surface area contributed by atoms with Crippen molar-refractivity contribution in [3.63, 3.8) is 0 Å². The average Bonchev–Trinajstić information content (AvgIpc) is 2.72. The van der Waals surface area contributed by atoms with E-state index in [1.54, 1.807) is 11.3 Å². The lowest BCUT2D eigenvalue weighted by Crippen LogP contribution is -2.29. The first kappa shape index (κ1) is 16.1. The number of nitrogens with one attached hydrogen (secondary N) is 1. The number of unbranched alkanes of at least 4 members (excludes halogenated alkanes) is 1. The van der Waals surface area contributed by atoms with Crippen LogP contribution in [-0.2, 0) is 6.54 Å². The number of fused-ring (bicyclic) bond motifs is 1. The van der Waals surface area contributed by atoms with Crippen molar-refractivity contribution in [2.45, 2.75) is 40.2 Å². The van der Waals surface area contributed by atoms with Crippen LogP contribution in [0.1, 0.15) is 36.0 Å². The van der Waals surface area contributed by atoms with Gasteiger partial charge < -0.3 is 10.1 Å². The molecule has 116 valence electrons. The van der Waals surface area contributed by atoms with Crippen LogP contribution < -0.4 is 5.56 Å². The molecular formula is C15H23N3O2S. The van der Waals surface area contributed by atoms with Crippen molar-refractivity contribution in [1.82, 2.24) is 14.9 Å². The molecule has 0 unspecified atom stereocenters. The summed E-state index contributed by atoms with van der Waals surface area (Å²) in [5.41, 5.74) is 0.963. The summed E-state index contributed by atoms with van der Waals surface area (Å²) in [6.07, 6.45) is 2.18. The molecule has 2 rings (SSSR count).